The molecule has 20 heavy (non-hydrogen) atoms. The average molecular weight is 274 g/mol. The van der Waals surface area contributed by atoms with Crippen LogP contribution in [0, 0.1) is 0 Å². The lowest BCUT2D eigenvalue weighted by Crippen LogP contribution is -2.43. The van der Waals surface area contributed by atoms with Crippen molar-refractivity contribution in [3.05, 3.63) is 29.8 Å². The molecule has 4 nitrogen and oxygen atoms in total. The molecule has 2 aliphatic rings. The molecule has 0 aliphatic carbocycles. The Morgan fingerprint density at radius 1 is 1.25 bits per heavy atom. The highest BCUT2D eigenvalue weighted by Crippen LogP contribution is 2.29. The zero-order chi connectivity index (χ0) is 13.9. The van der Waals surface area contributed by atoms with E-state index in [2.05, 4.69) is 11.8 Å². The van der Waals surface area contributed by atoms with Gasteiger partial charge in [0.15, 0.2) is 6.10 Å². The van der Waals surface area contributed by atoms with Crippen LogP contribution in [-0.2, 0) is 11.2 Å². The molecule has 1 aromatic rings. The molecule has 2 heterocycles. The number of nitrogens with zero attached hydrogens (tertiary/aromatic N) is 2. The minimum atomic E-state index is -0.319. The van der Waals surface area contributed by atoms with Crippen LogP contribution in [0.1, 0.15) is 18.9 Å². The van der Waals surface area contributed by atoms with Gasteiger partial charge in [0.05, 0.1) is 0 Å². The summed E-state index contributed by atoms with van der Waals surface area (Å²) in [5, 5.41) is 0. The van der Waals surface area contributed by atoms with Gasteiger partial charge < -0.3 is 14.5 Å². The Balaban J connectivity index is 1.63. The summed E-state index contributed by atoms with van der Waals surface area (Å²) in [6, 6.07) is 7.95. The highest BCUT2D eigenvalue weighted by atomic mass is 16.5. The summed E-state index contributed by atoms with van der Waals surface area (Å²) in [5.74, 6) is 1.02. The maximum absolute atomic E-state index is 12.6. The first-order valence-electron chi connectivity index (χ1n) is 7.53. The van der Waals surface area contributed by atoms with Crippen LogP contribution in [0.2, 0.25) is 0 Å². The largest absolute Gasteiger partial charge is 0.480 e. The molecular weight excluding hydrogens is 252 g/mol. The molecule has 0 unspecified atom stereocenters. The Morgan fingerprint density at radius 2 is 2.10 bits per heavy atom. The number of hydrogen-bond acceptors (Lipinski definition) is 3. The van der Waals surface area contributed by atoms with Crippen molar-refractivity contribution >= 4 is 5.91 Å². The number of carbonyl (C=O) groups excluding carboxylic acids is 1. The predicted octanol–water partition coefficient (Wildman–Crippen LogP) is 1.54. The Hall–Kier alpha value is -1.55. The first-order chi connectivity index (χ1) is 9.78. The van der Waals surface area contributed by atoms with Gasteiger partial charge in [0.2, 0.25) is 0 Å². The second kappa shape index (κ2) is 5.83. The minimum absolute atomic E-state index is 0.152. The maximum atomic E-state index is 12.6. The van der Waals surface area contributed by atoms with Gasteiger partial charge in [-0.25, -0.2) is 0 Å². The number of benzene rings is 1. The summed E-state index contributed by atoms with van der Waals surface area (Å²) < 4.78 is 5.81. The highest BCUT2D eigenvalue weighted by molar-refractivity contribution is 5.82. The van der Waals surface area contributed by atoms with Gasteiger partial charge >= 0.3 is 0 Å². The van der Waals surface area contributed by atoms with Crippen LogP contribution in [0.4, 0.5) is 0 Å². The van der Waals surface area contributed by atoms with Gasteiger partial charge in [0.25, 0.3) is 5.91 Å². The lowest BCUT2D eigenvalue weighted by atomic mass is 10.1. The van der Waals surface area contributed by atoms with Crippen molar-refractivity contribution in [3.63, 3.8) is 0 Å². The fourth-order valence-corrected chi connectivity index (χ4v) is 3.03. The van der Waals surface area contributed by atoms with Crippen molar-refractivity contribution in [2.75, 3.05) is 32.7 Å². The number of rotatable bonds is 2. The van der Waals surface area contributed by atoms with E-state index >= 15 is 0 Å². The molecule has 0 saturated carbocycles. The van der Waals surface area contributed by atoms with Crippen LogP contribution in [-0.4, -0.2) is 54.5 Å². The number of para-hydroxylation sites is 1. The molecule has 1 aromatic carbocycles. The third-order valence-corrected chi connectivity index (χ3v) is 4.27. The maximum Gasteiger partial charge on any atom is 0.264 e. The Kier molecular flexibility index (Phi) is 3.92. The van der Waals surface area contributed by atoms with Crippen LogP contribution in [0.3, 0.4) is 0 Å². The van der Waals surface area contributed by atoms with Gasteiger partial charge in [-0.15, -0.1) is 0 Å². The summed E-state index contributed by atoms with van der Waals surface area (Å²) in [7, 11) is 0. The number of carbonyl (C=O) groups is 1. The van der Waals surface area contributed by atoms with E-state index in [-0.39, 0.29) is 12.0 Å². The number of fused-ring (bicyclic) bond motifs is 1. The number of likely N-dealkylation sites (N-methyl/N-ethyl adjacent to an activating group) is 1. The lowest BCUT2D eigenvalue weighted by molar-refractivity contribution is -0.137. The summed E-state index contributed by atoms with van der Waals surface area (Å²) in [4.78, 5) is 17.0. The molecule has 0 bridgehead atoms. The van der Waals surface area contributed by atoms with E-state index in [1.54, 1.807) is 0 Å². The van der Waals surface area contributed by atoms with Gasteiger partial charge in [-0.05, 0) is 31.1 Å². The standard InChI is InChI=1S/C16H22N2O2/c1-2-17-8-5-9-18(11-10-17)16(19)15-12-13-6-3-4-7-14(13)20-15/h3-4,6-7,15H,2,5,8-12H2,1H3/t15-/m1/s1. The summed E-state index contributed by atoms with van der Waals surface area (Å²) in [6.45, 7) is 6.98. The smallest absolute Gasteiger partial charge is 0.264 e. The molecular formula is C16H22N2O2. The monoisotopic (exact) mass is 274 g/mol. The number of hydrogen-bond donors (Lipinski definition) is 0. The summed E-state index contributed by atoms with van der Waals surface area (Å²) in [5.41, 5.74) is 1.15. The average Bonchev–Trinajstić information content (AvgIpc) is 2.77. The molecule has 4 heteroatoms. The molecule has 0 aromatic heterocycles. The minimum Gasteiger partial charge on any atom is -0.480 e. The van der Waals surface area contributed by atoms with E-state index in [9.17, 15) is 4.79 Å². The van der Waals surface area contributed by atoms with Gasteiger partial charge in [-0.2, -0.15) is 0 Å². The molecule has 0 N–H and O–H groups in total. The van der Waals surface area contributed by atoms with Crippen LogP contribution in [0.5, 0.6) is 5.75 Å². The van der Waals surface area contributed by atoms with Crippen molar-refractivity contribution in [3.8, 4) is 5.75 Å². The zero-order valence-corrected chi connectivity index (χ0v) is 12.0. The van der Waals surface area contributed by atoms with Crippen molar-refractivity contribution in [1.82, 2.24) is 9.80 Å². The van der Waals surface area contributed by atoms with Crippen LogP contribution in [0.15, 0.2) is 24.3 Å². The van der Waals surface area contributed by atoms with Crippen LogP contribution >= 0.6 is 0 Å². The van der Waals surface area contributed by atoms with E-state index in [4.69, 9.17) is 4.74 Å². The number of ether oxygens (including phenoxy) is 1. The van der Waals surface area contributed by atoms with E-state index in [1.807, 2.05) is 29.2 Å². The second-order valence-electron chi connectivity index (χ2n) is 5.53. The van der Waals surface area contributed by atoms with Crippen molar-refractivity contribution in [1.29, 1.82) is 0 Å². The fourth-order valence-electron chi connectivity index (χ4n) is 3.03. The SMILES string of the molecule is CCN1CCCN(C(=O)[C@H]2Cc3ccccc3O2)CC1. The first kappa shape index (κ1) is 13.4. The van der Waals surface area contributed by atoms with Crippen molar-refractivity contribution in [2.45, 2.75) is 25.9 Å². The van der Waals surface area contributed by atoms with Crippen LogP contribution in [0.25, 0.3) is 0 Å². The molecule has 0 spiro atoms. The molecule has 1 amide bonds. The first-order valence-corrected chi connectivity index (χ1v) is 7.53. The third-order valence-electron chi connectivity index (χ3n) is 4.27. The van der Waals surface area contributed by atoms with Gasteiger partial charge in [0, 0.05) is 26.1 Å². The second-order valence-corrected chi connectivity index (χ2v) is 5.53. The zero-order valence-electron chi connectivity index (χ0n) is 12.0. The summed E-state index contributed by atoms with van der Waals surface area (Å²) >= 11 is 0. The molecule has 0 radical (unpaired) electrons. The molecule has 1 atom stereocenters. The van der Waals surface area contributed by atoms with E-state index < -0.39 is 0 Å². The van der Waals surface area contributed by atoms with E-state index in [0.29, 0.717) is 6.42 Å². The van der Waals surface area contributed by atoms with Gasteiger partial charge in [-0.1, -0.05) is 25.1 Å². The van der Waals surface area contributed by atoms with E-state index in [1.165, 1.54) is 0 Å². The molecule has 1 fully saturated rings. The highest BCUT2D eigenvalue weighted by Gasteiger charge is 2.32. The van der Waals surface area contributed by atoms with Gasteiger partial charge in [0.1, 0.15) is 5.75 Å². The molecule has 108 valence electrons. The predicted molar refractivity (Wildman–Crippen MR) is 77.9 cm³/mol. The van der Waals surface area contributed by atoms with Gasteiger partial charge in [-0.3, -0.25) is 4.79 Å². The molecule has 1 saturated heterocycles. The summed E-state index contributed by atoms with van der Waals surface area (Å²) in [6.07, 6.45) is 1.45. The van der Waals surface area contributed by atoms with Crippen molar-refractivity contribution < 1.29 is 9.53 Å². The van der Waals surface area contributed by atoms with Crippen LogP contribution < -0.4 is 4.74 Å². The number of amides is 1. The molecule has 3 rings (SSSR count). The van der Waals surface area contributed by atoms with E-state index in [0.717, 1.165) is 50.5 Å². The quantitative estimate of drug-likeness (QED) is 0.820. The van der Waals surface area contributed by atoms with Crippen molar-refractivity contribution in [2.24, 2.45) is 0 Å². The topological polar surface area (TPSA) is 32.8 Å². The fraction of sp³-hybridized carbons (Fsp3) is 0.562. The Bertz CT molecular complexity index is 464. The third kappa shape index (κ3) is 2.66. The lowest BCUT2D eigenvalue weighted by Gasteiger charge is -2.24. The normalized spacial score (nSPS) is 23.1. The molecule has 2 aliphatic heterocycles. The Morgan fingerprint density at radius 3 is 2.90 bits per heavy atom. The Labute approximate surface area is 120 Å².